The third-order valence-corrected chi connectivity index (χ3v) is 9.60. The van der Waals surface area contributed by atoms with Crippen molar-refractivity contribution < 1.29 is 33.0 Å². The first-order chi connectivity index (χ1) is 21.5. The van der Waals surface area contributed by atoms with Crippen LogP contribution >= 0.6 is 24.4 Å². The van der Waals surface area contributed by atoms with E-state index in [9.17, 15) is 28.6 Å². The Morgan fingerprint density at radius 2 is 1.60 bits per heavy atom. The number of benzene rings is 2. The lowest BCUT2D eigenvalue weighted by Gasteiger charge is -2.39. The zero-order valence-electron chi connectivity index (χ0n) is 24.3. The number of nitrogens with zero attached hydrogens (tertiary/aromatic N) is 1. The third kappa shape index (κ3) is 5.84. The molecule has 13 heteroatoms. The summed E-state index contributed by atoms with van der Waals surface area (Å²) >= 11 is 10.5. The second kappa shape index (κ2) is 12.2. The van der Waals surface area contributed by atoms with Crippen molar-refractivity contribution in [3.63, 3.8) is 0 Å². The Morgan fingerprint density at radius 1 is 0.933 bits per heavy atom. The van der Waals surface area contributed by atoms with Gasteiger partial charge in [0.1, 0.15) is 5.82 Å². The van der Waals surface area contributed by atoms with Crippen LogP contribution in [-0.2, 0) is 0 Å². The molecule has 0 radical (unpaired) electrons. The fourth-order valence-electron chi connectivity index (χ4n) is 6.18. The quantitative estimate of drug-likeness (QED) is 0.135. The summed E-state index contributed by atoms with van der Waals surface area (Å²) in [6.45, 7) is 4.54. The summed E-state index contributed by atoms with van der Waals surface area (Å²) in [7, 11) is 0. The highest BCUT2D eigenvalue weighted by Crippen LogP contribution is 2.49. The number of carboxylic acids is 2. The van der Waals surface area contributed by atoms with Crippen LogP contribution in [0.2, 0.25) is 0 Å². The molecule has 5 N–H and O–H groups in total. The Morgan fingerprint density at radius 3 is 2.22 bits per heavy atom. The maximum atomic E-state index is 15.3. The Hall–Kier alpha value is -3.81. The number of anilines is 1. The molecular formula is C32H31F3N4O4S2. The SMILES string of the molecule is CC[C@H]1CNCCN1c1c(F)cc2c(=S)c(C(=O)O)c[nH]c2c1C1CC1.O=C(O)c1c(C2CC2)[nH]c2cc(F)c(F)cc2c1=S. The van der Waals surface area contributed by atoms with E-state index in [0.717, 1.165) is 75.0 Å². The number of halogens is 3. The Labute approximate surface area is 266 Å². The van der Waals surface area contributed by atoms with Gasteiger partial charge in [-0.25, -0.2) is 22.8 Å². The molecule has 4 aromatic rings. The molecule has 1 aliphatic heterocycles. The van der Waals surface area contributed by atoms with Crippen molar-refractivity contribution in [3.05, 3.63) is 73.3 Å². The number of carboxylic acid groups (broad SMARTS) is 2. The molecule has 1 atom stereocenters. The summed E-state index contributed by atoms with van der Waals surface area (Å²) in [4.78, 5) is 30.9. The molecule has 3 aliphatic rings. The number of rotatable bonds is 6. The van der Waals surface area contributed by atoms with Crippen molar-refractivity contribution in [2.45, 2.75) is 56.9 Å². The molecule has 2 saturated carbocycles. The lowest BCUT2D eigenvalue weighted by Crippen LogP contribution is -2.51. The number of piperazine rings is 1. The lowest BCUT2D eigenvalue weighted by molar-refractivity contribution is 0.0684. The van der Waals surface area contributed by atoms with E-state index in [0.29, 0.717) is 28.2 Å². The number of carbonyl (C=O) groups is 2. The predicted octanol–water partition coefficient (Wildman–Crippen LogP) is 7.55. The highest BCUT2D eigenvalue weighted by Gasteiger charge is 2.35. The van der Waals surface area contributed by atoms with E-state index in [1.165, 1.54) is 12.3 Å². The fraction of sp³-hybridized carbons (Fsp3) is 0.375. The Balaban J connectivity index is 0.000000167. The van der Waals surface area contributed by atoms with Crippen LogP contribution in [0.5, 0.6) is 0 Å². The lowest BCUT2D eigenvalue weighted by atomic mass is 9.98. The summed E-state index contributed by atoms with van der Waals surface area (Å²) in [5.41, 5.74) is 3.26. The van der Waals surface area contributed by atoms with Crippen LogP contribution in [0.3, 0.4) is 0 Å². The van der Waals surface area contributed by atoms with E-state index >= 15 is 4.39 Å². The van der Waals surface area contributed by atoms with Gasteiger partial charge in [0, 0.05) is 60.0 Å². The molecule has 236 valence electrons. The van der Waals surface area contributed by atoms with E-state index in [4.69, 9.17) is 24.4 Å². The van der Waals surface area contributed by atoms with Gasteiger partial charge in [0.25, 0.3) is 0 Å². The topological polar surface area (TPSA) is 121 Å². The number of H-pyrrole nitrogens is 2. The molecule has 8 nitrogen and oxygen atoms in total. The first kappa shape index (κ1) is 31.2. The highest BCUT2D eigenvalue weighted by atomic mass is 32.1. The second-order valence-corrected chi connectivity index (χ2v) is 12.6. The second-order valence-electron chi connectivity index (χ2n) is 11.7. The van der Waals surface area contributed by atoms with Crippen LogP contribution < -0.4 is 10.2 Å². The monoisotopic (exact) mass is 656 g/mol. The molecule has 3 heterocycles. The van der Waals surface area contributed by atoms with E-state index in [-0.39, 0.29) is 43.3 Å². The van der Waals surface area contributed by atoms with Crippen molar-refractivity contribution in [1.29, 1.82) is 0 Å². The minimum absolute atomic E-state index is 0.00370. The van der Waals surface area contributed by atoms with Gasteiger partial charge >= 0.3 is 11.9 Å². The normalized spacial score (nSPS) is 18.1. The van der Waals surface area contributed by atoms with Gasteiger partial charge in [0.2, 0.25) is 0 Å². The maximum Gasteiger partial charge on any atom is 0.338 e. The number of fused-ring (bicyclic) bond motifs is 2. The predicted molar refractivity (Wildman–Crippen MR) is 170 cm³/mol. The number of aromatic nitrogens is 2. The van der Waals surface area contributed by atoms with Gasteiger partial charge in [-0.15, -0.1) is 0 Å². The molecule has 1 saturated heterocycles. The number of hydrogen-bond acceptors (Lipinski definition) is 6. The molecule has 2 aromatic carbocycles. The Kier molecular flexibility index (Phi) is 8.44. The zero-order valence-corrected chi connectivity index (χ0v) is 25.9. The summed E-state index contributed by atoms with van der Waals surface area (Å²) in [6, 6.07) is 3.61. The summed E-state index contributed by atoms with van der Waals surface area (Å²) in [5.74, 6) is -4.15. The first-order valence-electron chi connectivity index (χ1n) is 14.9. The fourth-order valence-corrected chi connectivity index (χ4v) is 6.86. The minimum atomic E-state index is -1.14. The first-order valence-corrected chi connectivity index (χ1v) is 15.7. The van der Waals surface area contributed by atoms with Crippen LogP contribution in [-0.4, -0.2) is 57.8 Å². The molecule has 2 aromatic heterocycles. The average molecular weight is 657 g/mol. The standard InChI is InChI=1S/C19H22FN3O2S.C13H9F2NO2S/c1-2-11-8-21-5-6-23(11)17-14(20)7-12-16(15(17)10-3-4-10)22-9-13(18(12)26)19(24)25;14-7-3-6-9(4-8(7)15)16-11(5-1-2-5)10(12(6)19)13(17)18/h7,9-11,21H,2-6,8H2,1H3,(H,22,26)(H,24,25);3-5H,1-2H2,(H,16,19)(H,17,18)/t11-;/m0./s1. The van der Waals surface area contributed by atoms with Crippen molar-refractivity contribution in [1.82, 2.24) is 15.3 Å². The van der Waals surface area contributed by atoms with Gasteiger partial charge < -0.3 is 30.4 Å². The molecule has 3 fully saturated rings. The number of hydrogen-bond donors (Lipinski definition) is 5. The molecule has 2 aliphatic carbocycles. The van der Waals surface area contributed by atoms with Gasteiger partial charge in [-0.2, -0.15) is 0 Å². The van der Waals surface area contributed by atoms with Gasteiger partial charge in [-0.05, 0) is 56.1 Å². The molecule has 0 unspecified atom stereocenters. The van der Waals surface area contributed by atoms with Gasteiger partial charge in [-0.3, -0.25) is 0 Å². The maximum absolute atomic E-state index is 15.3. The molecule has 0 bridgehead atoms. The zero-order chi connectivity index (χ0) is 32.2. The number of aromatic amines is 2. The van der Waals surface area contributed by atoms with Crippen LogP contribution in [0, 0.1) is 26.5 Å². The van der Waals surface area contributed by atoms with E-state index in [1.807, 2.05) is 0 Å². The highest BCUT2D eigenvalue weighted by molar-refractivity contribution is 7.72. The average Bonchev–Trinajstić information content (AvgIpc) is 3.92. The number of aromatic carboxylic acids is 2. The number of nitrogens with one attached hydrogen (secondary N) is 3. The molecular weight excluding hydrogens is 626 g/mol. The molecule has 7 rings (SSSR count). The van der Waals surface area contributed by atoms with E-state index in [1.54, 1.807) is 0 Å². The van der Waals surface area contributed by atoms with Gasteiger partial charge in [0.15, 0.2) is 11.6 Å². The number of pyridine rings is 2. The smallest absolute Gasteiger partial charge is 0.338 e. The Bertz CT molecular complexity index is 1990. The van der Waals surface area contributed by atoms with Crippen molar-refractivity contribution >= 4 is 63.9 Å². The van der Waals surface area contributed by atoms with Gasteiger partial charge in [-0.1, -0.05) is 31.4 Å². The van der Waals surface area contributed by atoms with Crippen LogP contribution in [0.4, 0.5) is 18.9 Å². The molecule has 45 heavy (non-hydrogen) atoms. The van der Waals surface area contributed by atoms with Crippen molar-refractivity contribution in [3.8, 4) is 0 Å². The molecule has 0 amide bonds. The van der Waals surface area contributed by atoms with Crippen LogP contribution in [0.25, 0.3) is 21.8 Å². The third-order valence-electron chi connectivity index (χ3n) is 8.74. The van der Waals surface area contributed by atoms with E-state index in [2.05, 4.69) is 27.1 Å². The minimum Gasteiger partial charge on any atom is -0.478 e. The molecule has 0 spiro atoms. The van der Waals surface area contributed by atoms with Crippen LogP contribution in [0.15, 0.2) is 24.4 Å². The van der Waals surface area contributed by atoms with Crippen molar-refractivity contribution in [2.75, 3.05) is 24.5 Å². The van der Waals surface area contributed by atoms with Crippen molar-refractivity contribution in [2.24, 2.45) is 0 Å². The summed E-state index contributed by atoms with van der Waals surface area (Å²) in [5, 5.41) is 22.7. The van der Waals surface area contributed by atoms with Gasteiger partial charge in [0.05, 0.1) is 36.9 Å². The van der Waals surface area contributed by atoms with E-state index < -0.39 is 23.6 Å². The van der Waals surface area contributed by atoms with Crippen LogP contribution in [0.1, 0.15) is 82.8 Å². The summed E-state index contributed by atoms with van der Waals surface area (Å²) in [6.07, 6.45) is 6.17. The summed E-state index contributed by atoms with van der Waals surface area (Å²) < 4.78 is 42.1. The largest absolute Gasteiger partial charge is 0.478 e.